The van der Waals surface area contributed by atoms with Crippen molar-refractivity contribution < 1.29 is 0 Å². The second kappa shape index (κ2) is 4.27. The van der Waals surface area contributed by atoms with Crippen molar-refractivity contribution in [3.05, 3.63) is 24.8 Å². The highest BCUT2D eigenvalue weighted by atomic mass is 79.9. The number of halogens is 2. The Labute approximate surface area is 97.3 Å². The molecule has 0 atom stereocenters. The fourth-order valence-corrected chi connectivity index (χ4v) is 3.63. The minimum Gasteiger partial charge on any atom is -0.397 e. The van der Waals surface area contributed by atoms with E-state index in [9.17, 15) is 0 Å². The maximum absolute atomic E-state index is 8.65. The molecule has 0 aliphatic heterocycles. The number of nitriles is 1. The molecule has 0 unspecified atom stereocenters. The van der Waals surface area contributed by atoms with Crippen LogP contribution in [0, 0.1) is 11.3 Å². The van der Waals surface area contributed by atoms with Crippen LogP contribution in [0.15, 0.2) is 19.2 Å². The van der Waals surface area contributed by atoms with Gasteiger partial charge in [-0.1, -0.05) is 0 Å². The number of hydrogen-bond acceptors (Lipinski definition) is 3. The fourth-order valence-electron chi connectivity index (χ4n) is 0.786. The monoisotopic (exact) mass is 320 g/mol. The van der Waals surface area contributed by atoms with Crippen LogP contribution in [0.3, 0.4) is 0 Å². The predicted molar refractivity (Wildman–Crippen MR) is 62.1 cm³/mol. The fraction of sp³-hybridized carbons (Fsp3) is 0.125. The molecule has 5 heteroatoms. The lowest BCUT2D eigenvalue weighted by Crippen LogP contribution is -1.97. The molecule has 0 spiro atoms. The lowest BCUT2D eigenvalue weighted by Gasteiger charge is -1.98. The molecule has 1 aromatic rings. The van der Waals surface area contributed by atoms with Crippen LogP contribution in [0.2, 0.25) is 0 Å². The van der Waals surface area contributed by atoms with Gasteiger partial charge in [0.1, 0.15) is 0 Å². The summed E-state index contributed by atoms with van der Waals surface area (Å²) in [5.74, 6) is 0. The zero-order valence-electron chi connectivity index (χ0n) is 6.77. The van der Waals surface area contributed by atoms with Crippen LogP contribution in [0.25, 0.3) is 5.70 Å². The summed E-state index contributed by atoms with van der Waals surface area (Å²) in [5, 5.41) is 8.65. The van der Waals surface area contributed by atoms with Gasteiger partial charge in [0.15, 0.2) is 0 Å². The second-order valence-electron chi connectivity index (χ2n) is 2.39. The Morgan fingerprint density at radius 2 is 2.23 bits per heavy atom. The standard InChI is InChI=1S/C8H6Br2N2S/c1-4(3-11)7(12)5-2-6(9)13-8(5)10/h2H,12H2,1H3/b7-4-. The smallest absolute Gasteiger partial charge is 0.0965 e. The van der Waals surface area contributed by atoms with E-state index < -0.39 is 0 Å². The molecule has 1 heterocycles. The molecule has 0 aromatic carbocycles. The van der Waals surface area contributed by atoms with Gasteiger partial charge in [0.05, 0.1) is 19.3 Å². The van der Waals surface area contributed by atoms with Gasteiger partial charge >= 0.3 is 0 Å². The third-order valence-electron chi connectivity index (χ3n) is 1.52. The van der Waals surface area contributed by atoms with E-state index in [-0.39, 0.29) is 0 Å². The first-order chi connectivity index (χ1) is 6.06. The summed E-state index contributed by atoms with van der Waals surface area (Å²) in [6, 6.07) is 3.92. The Kier molecular flexibility index (Phi) is 3.54. The molecule has 0 amide bonds. The summed E-state index contributed by atoms with van der Waals surface area (Å²) < 4.78 is 1.93. The van der Waals surface area contributed by atoms with Crippen molar-refractivity contribution >= 4 is 48.9 Å². The molecule has 0 fully saturated rings. The van der Waals surface area contributed by atoms with Crippen molar-refractivity contribution in [2.45, 2.75) is 6.92 Å². The van der Waals surface area contributed by atoms with Crippen molar-refractivity contribution in [1.82, 2.24) is 0 Å². The average Bonchev–Trinajstić information content (AvgIpc) is 2.42. The molecule has 2 N–H and O–H groups in total. The van der Waals surface area contributed by atoms with Crippen LogP contribution in [0.1, 0.15) is 12.5 Å². The summed E-state index contributed by atoms with van der Waals surface area (Å²) in [5.41, 5.74) is 7.71. The van der Waals surface area contributed by atoms with Gasteiger partial charge in [0.25, 0.3) is 0 Å². The normalized spacial score (nSPS) is 12.2. The molecular weight excluding hydrogens is 316 g/mol. The quantitative estimate of drug-likeness (QED) is 0.805. The van der Waals surface area contributed by atoms with Gasteiger partial charge in [0.2, 0.25) is 0 Å². The van der Waals surface area contributed by atoms with Crippen LogP contribution in [0.4, 0.5) is 0 Å². The van der Waals surface area contributed by atoms with Crippen LogP contribution in [-0.4, -0.2) is 0 Å². The molecule has 1 aromatic heterocycles. The number of nitrogens with two attached hydrogens (primary N) is 1. The molecule has 1 rings (SSSR count). The van der Waals surface area contributed by atoms with Crippen molar-refractivity contribution in [3.8, 4) is 6.07 Å². The molecule has 0 aliphatic carbocycles. The van der Waals surface area contributed by atoms with Crippen molar-refractivity contribution in [2.75, 3.05) is 0 Å². The van der Waals surface area contributed by atoms with E-state index in [0.29, 0.717) is 11.3 Å². The van der Waals surface area contributed by atoms with Crippen LogP contribution >= 0.6 is 43.2 Å². The highest BCUT2D eigenvalue weighted by molar-refractivity contribution is 9.12. The molecule has 0 saturated carbocycles. The maximum Gasteiger partial charge on any atom is 0.0965 e. The third-order valence-corrected chi connectivity index (χ3v) is 3.86. The highest BCUT2D eigenvalue weighted by Gasteiger charge is 2.09. The van der Waals surface area contributed by atoms with Crippen LogP contribution < -0.4 is 5.73 Å². The number of nitrogens with zero attached hydrogens (tertiary/aromatic N) is 1. The Hall–Kier alpha value is -0.310. The largest absolute Gasteiger partial charge is 0.397 e. The van der Waals surface area contributed by atoms with Gasteiger partial charge in [-0.15, -0.1) is 11.3 Å². The van der Waals surface area contributed by atoms with Gasteiger partial charge in [-0.3, -0.25) is 0 Å². The maximum atomic E-state index is 8.65. The Balaban J connectivity index is 3.25. The van der Waals surface area contributed by atoms with E-state index in [1.165, 1.54) is 11.3 Å². The molecule has 0 saturated heterocycles. The summed E-state index contributed by atoms with van der Waals surface area (Å²) in [4.78, 5) is 0. The first-order valence-corrected chi connectivity index (χ1v) is 5.78. The highest BCUT2D eigenvalue weighted by Crippen LogP contribution is 2.35. The second-order valence-corrected chi connectivity index (χ2v) is 6.14. The third kappa shape index (κ3) is 2.33. The number of hydrogen-bond donors (Lipinski definition) is 1. The molecule has 0 bridgehead atoms. The van der Waals surface area contributed by atoms with Gasteiger partial charge in [-0.2, -0.15) is 5.26 Å². The predicted octanol–water partition coefficient (Wildman–Crippen LogP) is 3.49. The summed E-state index contributed by atoms with van der Waals surface area (Å²) in [6.07, 6.45) is 0. The first kappa shape index (κ1) is 10.8. The minimum atomic E-state index is 0.524. The zero-order valence-corrected chi connectivity index (χ0v) is 10.8. The molecule has 13 heavy (non-hydrogen) atoms. The van der Waals surface area contributed by atoms with Crippen LogP contribution in [-0.2, 0) is 0 Å². The first-order valence-electron chi connectivity index (χ1n) is 3.38. The minimum absolute atomic E-state index is 0.524. The molecular formula is C8H6Br2N2S. The Morgan fingerprint density at radius 3 is 2.62 bits per heavy atom. The van der Waals surface area contributed by atoms with E-state index in [0.717, 1.165) is 13.1 Å². The molecule has 0 aliphatic rings. The Bertz CT molecular complexity index is 401. The summed E-state index contributed by atoms with van der Waals surface area (Å²) in [6.45, 7) is 1.70. The topological polar surface area (TPSA) is 49.8 Å². The number of allylic oxidation sites excluding steroid dienone is 1. The number of thiophene rings is 1. The summed E-state index contributed by atoms with van der Waals surface area (Å²) >= 11 is 8.27. The van der Waals surface area contributed by atoms with E-state index in [4.69, 9.17) is 11.0 Å². The van der Waals surface area contributed by atoms with E-state index in [1.807, 2.05) is 12.1 Å². The van der Waals surface area contributed by atoms with E-state index in [1.54, 1.807) is 6.92 Å². The van der Waals surface area contributed by atoms with Gasteiger partial charge < -0.3 is 5.73 Å². The molecule has 0 radical (unpaired) electrons. The number of rotatable bonds is 1. The average molecular weight is 322 g/mol. The molecule has 68 valence electrons. The van der Waals surface area contributed by atoms with Crippen molar-refractivity contribution in [1.29, 1.82) is 5.26 Å². The molecule has 2 nitrogen and oxygen atoms in total. The van der Waals surface area contributed by atoms with Crippen molar-refractivity contribution in [2.24, 2.45) is 5.73 Å². The Morgan fingerprint density at radius 1 is 1.62 bits per heavy atom. The lowest BCUT2D eigenvalue weighted by molar-refractivity contribution is 1.40. The van der Waals surface area contributed by atoms with Gasteiger partial charge in [-0.25, -0.2) is 0 Å². The lowest BCUT2D eigenvalue weighted by atomic mass is 10.2. The van der Waals surface area contributed by atoms with Crippen LogP contribution in [0.5, 0.6) is 0 Å². The van der Waals surface area contributed by atoms with Crippen molar-refractivity contribution in [3.63, 3.8) is 0 Å². The van der Waals surface area contributed by atoms with Gasteiger partial charge in [0, 0.05) is 11.1 Å². The van der Waals surface area contributed by atoms with E-state index in [2.05, 4.69) is 31.9 Å². The van der Waals surface area contributed by atoms with Gasteiger partial charge in [-0.05, 0) is 44.8 Å². The zero-order chi connectivity index (χ0) is 10.0. The SMILES string of the molecule is C/C(C#N)=C(/N)c1cc(Br)sc1Br. The van der Waals surface area contributed by atoms with E-state index >= 15 is 0 Å². The summed E-state index contributed by atoms with van der Waals surface area (Å²) in [7, 11) is 0.